The van der Waals surface area contributed by atoms with Gasteiger partial charge in [0.1, 0.15) is 12.7 Å². The monoisotopic (exact) mass is 810 g/mol. The van der Waals surface area contributed by atoms with Crippen molar-refractivity contribution in [1.82, 2.24) is 4.90 Å². The first-order chi connectivity index (χ1) is 27.7. The predicted octanol–water partition coefficient (Wildman–Crippen LogP) is 11.7. The van der Waals surface area contributed by atoms with Gasteiger partial charge in [0, 0.05) is 25.7 Å². The molecule has 0 aromatic rings. The fourth-order valence-electron chi connectivity index (χ4n) is 7.32. The van der Waals surface area contributed by atoms with Gasteiger partial charge in [0.15, 0.2) is 6.10 Å². The molecule has 0 aromatic heterocycles. The molecule has 4 atom stereocenters. The van der Waals surface area contributed by atoms with Crippen LogP contribution in [0.3, 0.4) is 0 Å². The molecule has 1 aliphatic rings. The van der Waals surface area contributed by atoms with Crippen molar-refractivity contribution in [2.24, 2.45) is 0 Å². The highest BCUT2D eigenvalue weighted by Gasteiger charge is 2.52. The van der Waals surface area contributed by atoms with Crippen LogP contribution in [0.15, 0.2) is 0 Å². The van der Waals surface area contributed by atoms with Crippen LogP contribution in [0.1, 0.15) is 226 Å². The number of nitrogens with zero attached hydrogens (tertiary/aromatic N) is 1. The third-order valence-electron chi connectivity index (χ3n) is 10.9. The Morgan fingerprint density at radius 2 is 0.754 bits per heavy atom. The molecule has 0 aliphatic carbocycles. The van der Waals surface area contributed by atoms with Crippen molar-refractivity contribution >= 4 is 23.9 Å². The molecule has 10 nitrogen and oxygen atoms in total. The predicted molar refractivity (Wildman–Crippen MR) is 229 cm³/mol. The van der Waals surface area contributed by atoms with E-state index in [1.807, 2.05) is 19.0 Å². The van der Waals surface area contributed by atoms with Crippen LogP contribution in [0.25, 0.3) is 0 Å². The van der Waals surface area contributed by atoms with Gasteiger partial charge in [0.05, 0.1) is 0 Å². The molecule has 0 aromatic carbocycles. The maximum Gasteiger partial charge on any atom is 0.308 e. The Hall–Kier alpha value is -2.20. The first kappa shape index (κ1) is 52.8. The summed E-state index contributed by atoms with van der Waals surface area (Å²) in [5.41, 5.74) is 0. The lowest BCUT2D eigenvalue weighted by Gasteiger charge is -2.24. The van der Waals surface area contributed by atoms with Gasteiger partial charge in [-0.25, -0.2) is 0 Å². The lowest BCUT2D eigenvalue weighted by Crippen LogP contribution is -2.42. The van der Waals surface area contributed by atoms with Crippen LogP contribution in [0.5, 0.6) is 0 Å². The molecule has 10 heteroatoms. The quantitative estimate of drug-likeness (QED) is 0.0337. The first-order valence-corrected chi connectivity index (χ1v) is 23.8. The summed E-state index contributed by atoms with van der Waals surface area (Å²) in [6, 6.07) is 0. The zero-order valence-corrected chi connectivity index (χ0v) is 37.5. The van der Waals surface area contributed by atoms with Crippen molar-refractivity contribution in [2.45, 2.75) is 251 Å². The summed E-state index contributed by atoms with van der Waals surface area (Å²) in [6.07, 6.45) is 27.3. The lowest BCUT2D eigenvalue weighted by atomic mass is 10.1. The van der Waals surface area contributed by atoms with Crippen molar-refractivity contribution in [1.29, 1.82) is 0 Å². The summed E-state index contributed by atoms with van der Waals surface area (Å²) in [7, 11) is 3.89. The van der Waals surface area contributed by atoms with Gasteiger partial charge in [-0.05, 0) is 46.3 Å². The van der Waals surface area contributed by atoms with E-state index in [-0.39, 0.29) is 32.3 Å². The van der Waals surface area contributed by atoms with Crippen LogP contribution >= 0.6 is 0 Å². The van der Waals surface area contributed by atoms with E-state index in [1.54, 1.807) is 0 Å². The Morgan fingerprint density at radius 3 is 1.14 bits per heavy atom. The van der Waals surface area contributed by atoms with Crippen LogP contribution in [-0.4, -0.2) is 80.6 Å². The molecule has 1 rings (SSSR count). The molecule has 0 radical (unpaired) electrons. The number of ether oxygens (including phenoxy) is 5. The zero-order valence-electron chi connectivity index (χ0n) is 37.5. The second-order valence-corrected chi connectivity index (χ2v) is 16.8. The number of esters is 4. The molecular weight excluding hydrogens is 723 g/mol. The van der Waals surface area contributed by atoms with Gasteiger partial charge < -0.3 is 28.6 Å². The maximum absolute atomic E-state index is 13.3. The third-order valence-corrected chi connectivity index (χ3v) is 10.9. The molecule has 334 valence electrons. The summed E-state index contributed by atoms with van der Waals surface area (Å²) in [5.74, 6) is -1.74. The third kappa shape index (κ3) is 29.6. The molecule has 1 fully saturated rings. The van der Waals surface area contributed by atoms with E-state index in [1.165, 1.54) is 96.3 Å². The van der Waals surface area contributed by atoms with Crippen LogP contribution in [0, 0.1) is 0 Å². The Bertz CT molecular complexity index is 1010. The fraction of sp³-hybridized carbons (Fsp3) is 0.915. The van der Waals surface area contributed by atoms with Gasteiger partial charge in [-0.3, -0.25) is 19.2 Å². The van der Waals surface area contributed by atoms with E-state index >= 15 is 0 Å². The molecule has 0 bridgehead atoms. The summed E-state index contributed by atoms with van der Waals surface area (Å²) < 4.78 is 29.5. The Morgan fingerprint density at radius 1 is 0.421 bits per heavy atom. The highest BCUT2D eigenvalue weighted by Crippen LogP contribution is 2.30. The molecule has 0 saturated carbocycles. The molecule has 0 spiro atoms. The summed E-state index contributed by atoms with van der Waals surface area (Å²) in [6.45, 7) is 7.18. The molecule has 1 heterocycles. The minimum atomic E-state index is -1.27. The summed E-state index contributed by atoms with van der Waals surface area (Å²) >= 11 is 0. The number of unbranched alkanes of at least 4 members (excludes halogenated alkanes) is 24. The van der Waals surface area contributed by atoms with Crippen LogP contribution in [0.4, 0.5) is 0 Å². The van der Waals surface area contributed by atoms with Gasteiger partial charge in [0.2, 0.25) is 12.4 Å². The normalized spacial score (nSPS) is 17.9. The Balaban J connectivity index is 2.92. The van der Waals surface area contributed by atoms with Gasteiger partial charge in [0.25, 0.3) is 0 Å². The van der Waals surface area contributed by atoms with E-state index in [2.05, 4.69) is 20.8 Å². The first-order valence-electron chi connectivity index (χ1n) is 23.8. The SMILES string of the molecule is CCCCCCCCCCCC(=O)OC1[C@H](OC(=O)CCCCCCCCCCC)O[C@H](COC(=O)CCCN(C)C)[C@@H]1OC(=O)CCCCCCCCCCC. The number of rotatable bonds is 39. The molecule has 0 amide bonds. The van der Waals surface area contributed by atoms with E-state index in [9.17, 15) is 19.2 Å². The average Bonchev–Trinajstić information content (AvgIpc) is 3.48. The van der Waals surface area contributed by atoms with Crippen molar-refractivity contribution in [3.05, 3.63) is 0 Å². The van der Waals surface area contributed by atoms with Gasteiger partial charge >= 0.3 is 23.9 Å². The zero-order chi connectivity index (χ0) is 41.8. The topological polar surface area (TPSA) is 118 Å². The van der Waals surface area contributed by atoms with Crippen LogP contribution < -0.4 is 0 Å². The van der Waals surface area contributed by atoms with E-state index in [4.69, 9.17) is 23.7 Å². The number of carbonyl (C=O) groups excluding carboxylic acids is 4. The van der Waals surface area contributed by atoms with E-state index in [0.29, 0.717) is 25.7 Å². The molecule has 0 N–H and O–H groups in total. The lowest BCUT2D eigenvalue weighted by molar-refractivity contribution is -0.200. The minimum absolute atomic E-state index is 0.204. The Labute approximate surface area is 348 Å². The number of carbonyl (C=O) groups is 4. The second-order valence-electron chi connectivity index (χ2n) is 16.8. The highest BCUT2D eigenvalue weighted by molar-refractivity contribution is 5.72. The van der Waals surface area contributed by atoms with Crippen molar-refractivity contribution < 1.29 is 42.9 Å². The standard InChI is InChI=1S/C47H87NO9/c1-6-9-12-15-18-21-24-27-30-34-42(50)55-45-40(39-53-41(49)37-33-38-48(4)5)54-47(57-44(52)36-32-29-26-23-20-17-14-11-8-3)46(45)56-43(51)35-31-28-25-22-19-16-13-10-7-2/h40,45-47H,6-39H2,1-5H3/t40-,45+,46?,47+/m1/s1. The van der Waals surface area contributed by atoms with Gasteiger partial charge in [-0.15, -0.1) is 0 Å². The van der Waals surface area contributed by atoms with Gasteiger partial charge in [-0.2, -0.15) is 0 Å². The molecule has 57 heavy (non-hydrogen) atoms. The summed E-state index contributed by atoms with van der Waals surface area (Å²) in [4.78, 5) is 54.4. The average molecular weight is 810 g/mol. The van der Waals surface area contributed by atoms with Crippen molar-refractivity contribution in [3.63, 3.8) is 0 Å². The van der Waals surface area contributed by atoms with E-state index < -0.39 is 48.5 Å². The van der Waals surface area contributed by atoms with Crippen molar-refractivity contribution in [2.75, 3.05) is 27.2 Å². The smallest absolute Gasteiger partial charge is 0.308 e. The molecular formula is C47H87NO9. The summed E-state index contributed by atoms with van der Waals surface area (Å²) in [5, 5.41) is 0. The van der Waals surface area contributed by atoms with E-state index in [0.717, 1.165) is 64.3 Å². The Kier molecular flexibility index (Phi) is 34.1. The largest absolute Gasteiger partial charge is 0.463 e. The van der Waals surface area contributed by atoms with Gasteiger partial charge in [-0.1, -0.05) is 175 Å². The number of hydrogen-bond acceptors (Lipinski definition) is 10. The van der Waals surface area contributed by atoms with Crippen molar-refractivity contribution in [3.8, 4) is 0 Å². The molecule has 1 unspecified atom stereocenters. The fourth-order valence-corrected chi connectivity index (χ4v) is 7.32. The maximum atomic E-state index is 13.3. The molecule has 1 aliphatic heterocycles. The number of hydrogen-bond donors (Lipinski definition) is 0. The minimum Gasteiger partial charge on any atom is -0.463 e. The highest BCUT2D eigenvalue weighted by atomic mass is 16.8. The van der Waals surface area contributed by atoms with Crippen LogP contribution in [-0.2, 0) is 42.9 Å². The second kappa shape index (κ2) is 36.8. The molecule has 1 saturated heterocycles. The van der Waals surface area contributed by atoms with Crippen LogP contribution in [0.2, 0.25) is 0 Å².